The number of ether oxygens (including phenoxy) is 1. The van der Waals surface area contributed by atoms with Crippen molar-refractivity contribution in [2.24, 2.45) is 0 Å². The number of nitrogens with zero attached hydrogens (tertiary/aromatic N) is 1. The van der Waals surface area contributed by atoms with E-state index in [1.54, 1.807) is 43.3 Å². The molecular formula is C16H13FN2O2. The summed E-state index contributed by atoms with van der Waals surface area (Å²) in [6.07, 6.45) is 0. The van der Waals surface area contributed by atoms with Gasteiger partial charge in [-0.05, 0) is 42.8 Å². The molecule has 0 heterocycles. The molecule has 2 aromatic rings. The molecule has 21 heavy (non-hydrogen) atoms. The topological polar surface area (TPSA) is 62.1 Å². The molecule has 0 aliphatic carbocycles. The minimum Gasteiger partial charge on any atom is -0.484 e. The average Bonchev–Trinajstić information content (AvgIpc) is 2.49. The minimum absolute atomic E-state index is 0.218. The van der Waals surface area contributed by atoms with Crippen LogP contribution in [0.25, 0.3) is 0 Å². The van der Waals surface area contributed by atoms with Crippen LogP contribution in [0.2, 0.25) is 0 Å². The van der Waals surface area contributed by atoms with E-state index in [1.165, 1.54) is 6.07 Å². The van der Waals surface area contributed by atoms with Crippen LogP contribution in [0.3, 0.4) is 0 Å². The summed E-state index contributed by atoms with van der Waals surface area (Å²) >= 11 is 0. The van der Waals surface area contributed by atoms with Crippen molar-refractivity contribution in [1.29, 1.82) is 5.26 Å². The molecule has 106 valence electrons. The standard InChI is InChI=1S/C16H13FN2O2/c1-11-5-6-13(8-15(11)17)19-16(20)10-21-14-4-2-3-12(7-14)9-18/h2-8H,10H2,1H3,(H,19,20). The van der Waals surface area contributed by atoms with Gasteiger partial charge < -0.3 is 10.1 Å². The number of nitrogens with one attached hydrogen (secondary N) is 1. The van der Waals surface area contributed by atoms with E-state index in [2.05, 4.69) is 5.32 Å². The molecule has 1 amide bonds. The highest BCUT2D eigenvalue weighted by atomic mass is 19.1. The Morgan fingerprint density at radius 3 is 2.86 bits per heavy atom. The lowest BCUT2D eigenvalue weighted by Gasteiger charge is -2.08. The van der Waals surface area contributed by atoms with Crippen molar-refractivity contribution in [3.8, 4) is 11.8 Å². The summed E-state index contributed by atoms with van der Waals surface area (Å²) in [5.74, 6) is -0.352. The molecule has 0 spiro atoms. The number of hydrogen-bond donors (Lipinski definition) is 1. The van der Waals surface area contributed by atoms with Crippen molar-refractivity contribution < 1.29 is 13.9 Å². The van der Waals surface area contributed by atoms with Gasteiger partial charge in [0.2, 0.25) is 0 Å². The highest BCUT2D eigenvalue weighted by molar-refractivity contribution is 5.91. The van der Waals surface area contributed by atoms with Gasteiger partial charge in [0.15, 0.2) is 6.61 Å². The molecule has 0 radical (unpaired) electrons. The summed E-state index contributed by atoms with van der Waals surface area (Å²) in [4.78, 5) is 11.7. The lowest BCUT2D eigenvalue weighted by molar-refractivity contribution is -0.118. The van der Waals surface area contributed by atoms with E-state index in [-0.39, 0.29) is 12.4 Å². The monoisotopic (exact) mass is 284 g/mol. The smallest absolute Gasteiger partial charge is 0.262 e. The minimum atomic E-state index is -0.402. The lowest BCUT2D eigenvalue weighted by Crippen LogP contribution is -2.20. The highest BCUT2D eigenvalue weighted by Gasteiger charge is 2.06. The molecule has 1 N–H and O–H groups in total. The van der Waals surface area contributed by atoms with Gasteiger partial charge in [-0.3, -0.25) is 4.79 Å². The van der Waals surface area contributed by atoms with Gasteiger partial charge in [-0.15, -0.1) is 0 Å². The molecule has 4 nitrogen and oxygen atoms in total. The Bertz CT molecular complexity index is 708. The van der Waals surface area contributed by atoms with Crippen LogP contribution in [0.15, 0.2) is 42.5 Å². The third-order valence-electron chi connectivity index (χ3n) is 2.79. The number of hydrogen-bond acceptors (Lipinski definition) is 3. The SMILES string of the molecule is Cc1ccc(NC(=O)COc2cccc(C#N)c2)cc1F. The first-order valence-electron chi connectivity index (χ1n) is 6.27. The van der Waals surface area contributed by atoms with Gasteiger partial charge in [-0.25, -0.2) is 4.39 Å². The fourth-order valence-corrected chi connectivity index (χ4v) is 1.67. The van der Waals surface area contributed by atoms with Crippen LogP contribution in [-0.2, 0) is 4.79 Å². The van der Waals surface area contributed by atoms with Crippen LogP contribution < -0.4 is 10.1 Å². The number of aryl methyl sites for hydroxylation is 1. The number of anilines is 1. The van der Waals surface area contributed by atoms with Gasteiger partial charge in [0.05, 0.1) is 11.6 Å². The molecular weight excluding hydrogens is 271 g/mol. The Balaban J connectivity index is 1.92. The van der Waals surface area contributed by atoms with Crippen LogP contribution in [0.5, 0.6) is 5.75 Å². The third-order valence-corrected chi connectivity index (χ3v) is 2.79. The lowest BCUT2D eigenvalue weighted by atomic mass is 10.2. The first-order chi connectivity index (χ1) is 10.1. The summed E-state index contributed by atoms with van der Waals surface area (Å²) in [5, 5.41) is 11.3. The summed E-state index contributed by atoms with van der Waals surface area (Å²) < 4.78 is 18.6. The van der Waals surface area contributed by atoms with E-state index in [4.69, 9.17) is 10.00 Å². The Labute approximate surface area is 121 Å². The third kappa shape index (κ3) is 4.05. The number of nitriles is 1. The van der Waals surface area contributed by atoms with Crippen LogP contribution in [0.4, 0.5) is 10.1 Å². The fourth-order valence-electron chi connectivity index (χ4n) is 1.67. The number of carbonyl (C=O) groups excluding carboxylic acids is 1. The molecule has 0 unspecified atom stereocenters. The van der Waals surface area contributed by atoms with E-state index >= 15 is 0 Å². The first-order valence-corrected chi connectivity index (χ1v) is 6.27. The second-order valence-electron chi connectivity index (χ2n) is 4.44. The van der Waals surface area contributed by atoms with E-state index in [0.717, 1.165) is 0 Å². The molecule has 0 aliphatic rings. The number of benzene rings is 2. The van der Waals surface area contributed by atoms with Crippen molar-refractivity contribution >= 4 is 11.6 Å². The van der Waals surface area contributed by atoms with Crippen molar-refractivity contribution in [2.75, 3.05) is 11.9 Å². The van der Waals surface area contributed by atoms with Crippen molar-refractivity contribution in [3.05, 3.63) is 59.4 Å². The number of carbonyl (C=O) groups is 1. The van der Waals surface area contributed by atoms with E-state index in [9.17, 15) is 9.18 Å². The van der Waals surface area contributed by atoms with Crippen LogP contribution in [0.1, 0.15) is 11.1 Å². The maximum absolute atomic E-state index is 13.4. The maximum Gasteiger partial charge on any atom is 0.262 e. The zero-order chi connectivity index (χ0) is 15.2. The van der Waals surface area contributed by atoms with Gasteiger partial charge in [0.25, 0.3) is 5.91 Å². The molecule has 2 aromatic carbocycles. The van der Waals surface area contributed by atoms with Crippen LogP contribution >= 0.6 is 0 Å². The second kappa shape index (κ2) is 6.53. The summed E-state index contributed by atoms with van der Waals surface area (Å²) in [6.45, 7) is 1.43. The maximum atomic E-state index is 13.4. The molecule has 5 heteroatoms. The number of amides is 1. The summed E-state index contributed by atoms with van der Waals surface area (Å²) in [5.41, 5.74) is 1.34. The molecule has 0 aromatic heterocycles. The second-order valence-corrected chi connectivity index (χ2v) is 4.44. The van der Waals surface area contributed by atoms with Gasteiger partial charge in [0.1, 0.15) is 11.6 Å². The van der Waals surface area contributed by atoms with Gasteiger partial charge in [-0.1, -0.05) is 12.1 Å². The molecule has 2 rings (SSSR count). The molecule has 0 fully saturated rings. The largest absolute Gasteiger partial charge is 0.484 e. The Morgan fingerprint density at radius 1 is 1.33 bits per heavy atom. The molecule has 0 bridgehead atoms. The van der Waals surface area contributed by atoms with Crippen LogP contribution in [0, 0.1) is 24.1 Å². The highest BCUT2D eigenvalue weighted by Crippen LogP contribution is 2.14. The zero-order valence-corrected chi connectivity index (χ0v) is 11.4. The van der Waals surface area contributed by atoms with Crippen molar-refractivity contribution in [3.63, 3.8) is 0 Å². The summed E-state index contributed by atoms with van der Waals surface area (Å²) in [7, 11) is 0. The van der Waals surface area contributed by atoms with E-state index in [1.807, 2.05) is 6.07 Å². The van der Waals surface area contributed by atoms with Gasteiger partial charge in [-0.2, -0.15) is 5.26 Å². The Hall–Kier alpha value is -2.87. The zero-order valence-electron chi connectivity index (χ0n) is 11.4. The number of rotatable bonds is 4. The van der Waals surface area contributed by atoms with Crippen molar-refractivity contribution in [1.82, 2.24) is 0 Å². The Kier molecular flexibility index (Phi) is 4.52. The van der Waals surface area contributed by atoms with E-state index < -0.39 is 5.91 Å². The first kappa shape index (κ1) is 14.5. The molecule has 0 saturated heterocycles. The Morgan fingerprint density at radius 2 is 2.14 bits per heavy atom. The number of halogens is 1. The molecule has 0 atom stereocenters. The van der Waals surface area contributed by atoms with Crippen LogP contribution in [-0.4, -0.2) is 12.5 Å². The molecule has 0 saturated carbocycles. The average molecular weight is 284 g/mol. The predicted molar refractivity (Wildman–Crippen MR) is 76.4 cm³/mol. The predicted octanol–water partition coefficient (Wildman–Crippen LogP) is 3.02. The van der Waals surface area contributed by atoms with Crippen molar-refractivity contribution in [2.45, 2.75) is 6.92 Å². The molecule has 0 aliphatic heterocycles. The van der Waals surface area contributed by atoms with Gasteiger partial charge >= 0.3 is 0 Å². The summed E-state index contributed by atoms with van der Waals surface area (Å²) in [6, 6.07) is 12.9. The van der Waals surface area contributed by atoms with E-state index in [0.29, 0.717) is 22.6 Å². The normalized spacial score (nSPS) is 9.76. The fraction of sp³-hybridized carbons (Fsp3) is 0.125. The van der Waals surface area contributed by atoms with Gasteiger partial charge in [0, 0.05) is 5.69 Å². The quantitative estimate of drug-likeness (QED) is 0.938.